The average Bonchev–Trinajstić information content (AvgIpc) is 2.68. The third kappa shape index (κ3) is 5.93. The quantitative estimate of drug-likeness (QED) is 0.490. The lowest BCUT2D eigenvalue weighted by molar-refractivity contribution is 0.265. The largest absolute Gasteiger partial charge is 0.497 e. The highest BCUT2D eigenvalue weighted by Crippen LogP contribution is 2.22. The van der Waals surface area contributed by atoms with E-state index >= 15 is 0 Å². The normalized spacial score (nSPS) is 12.5. The number of hydrogen-bond donors (Lipinski definition) is 3. The van der Waals surface area contributed by atoms with Crippen molar-refractivity contribution in [2.75, 3.05) is 33.9 Å². The molecule has 2 aromatic carbocycles. The predicted octanol–water partition coefficient (Wildman–Crippen LogP) is 2.83. The van der Waals surface area contributed by atoms with Crippen LogP contribution in [0, 0.1) is 0 Å². The molecule has 0 aliphatic rings. The zero-order valence-electron chi connectivity index (χ0n) is 15.2. The van der Waals surface area contributed by atoms with Gasteiger partial charge in [0.1, 0.15) is 5.75 Å². The highest BCUT2D eigenvalue weighted by Gasteiger charge is 2.11. The van der Waals surface area contributed by atoms with Gasteiger partial charge in [-0.1, -0.05) is 48.0 Å². The van der Waals surface area contributed by atoms with Gasteiger partial charge in [0.2, 0.25) is 0 Å². The number of rotatable bonds is 8. The van der Waals surface area contributed by atoms with E-state index in [-0.39, 0.29) is 12.5 Å². The molecule has 0 aliphatic heterocycles. The lowest BCUT2D eigenvalue weighted by atomic mass is 10.0. The van der Waals surface area contributed by atoms with Crippen molar-refractivity contribution < 1.29 is 9.84 Å². The molecule has 0 aromatic heterocycles. The summed E-state index contributed by atoms with van der Waals surface area (Å²) in [7, 11) is 3.35. The van der Waals surface area contributed by atoms with Crippen LogP contribution in [-0.2, 0) is 6.42 Å². The van der Waals surface area contributed by atoms with E-state index in [0.717, 1.165) is 23.3 Å². The van der Waals surface area contributed by atoms with E-state index in [1.54, 1.807) is 14.2 Å². The minimum Gasteiger partial charge on any atom is -0.497 e. The van der Waals surface area contributed by atoms with E-state index in [4.69, 9.17) is 16.3 Å². The Morgan fingerprint density at radius 2 is 1.96 bits per heavy atom. The van der Waals surface area contributed by atoms with Gasteiger partial charge < -0.3 is 20.5 Å². The second kappa shape index (κ2) is 10.7. The van der Waals surface area contributed by atoms with Gasteiger partial charge in [0, 0.05) is 31.1 Å². The van der Waals surface area contributed by atoms with Crippen molar-refractivity contribution in [2.45, 2.75) is 12.3 Å². The summed E-state index contributed by atoms with van der Waals surface area (Å²) >= 11 is 6.27. The van der Waals surface area contributed by atoms with E-state index in [1.165, 1.54) is 0 Å². The zero-order chi connectivity index (χ0) is 18.8. The molecule has 1 atom stereocenters. The number of ether oxygens (including phenoxy) is 1. The Bertz CT molecular complexity index is 707. The van der Waals surface area contributed by atoms with Gasteiger partial charge in [-0.25, -0.2) is 0 Å². The van der Waals surface area contributed by atoms with Crippen molar-refractivity contribution in [3.05, 3.63) is 64.7 Å². The number of methoxy groups -OCH3 is 1. The molecule has 0 saturated heterocycles. The summed E-state index contributed by atoms with van der Waals surface area (Å²) in [6.07, 6.45) is 0.769. The third-order valence-corrected chi connectivity index (χ3v) is 4.53. The van der Waals surface area contributed by atoms with Crippen LogP contribution in [0.25, 0.3) is 0 Å². The number of benzene rings is 2. The topological polar surface area (TPSA) is 65.9 Å². The Balaban J connectivity index is 1.82. The number of aliphatic imine (C=N–C) groups is 1. The molecule has 0 amide bonds. The van der Waals surface area contributed by atoms with Crippen LogP contribution in [-0.4, -0.2) is 44.9 Å². The van der Waals surface area contributed by atoms with Crippen LogP contribution in [0.3, 0.4) is 0 Å². The smallest absolute Gasteiger partial charge is 0.191 e. The first kappa shape index (κ1) is 20.1. The van der Waals surface area contributed by atoms with Crippen molar-refractivity contribution in [1.82, 2.24) is 10.6 Å². The van der Waals surface area contributed by atoms with Crippen LogP contribution in [0.5, 0.6) is 5.75 Å². The minimum atomic E-state index is 0.0192. The maximum atomic E-state index is 9.64. The van der Waals surface area contributed by atoms with E-state index in [1.807, 2.05) is 48.5 Å². The van der Waals surface area contributed by atoms with Crippen molar-refractivity contribution in [3.63, 3.8) is 0 Å². The molecule has 0 spiro atoms. The van der Waals surface area contributed by atoms with Gasteiger partial charge in [0.05, 0.1) is 13.7 Å². The Labute approximate surface area is 160 Å². The highest BCUT2D eigenvalue weighted by molar-refractivity contribution is 6.31. The fourth-order valence-corrected chi connectivity index (χ4v) is 2.89. The number of aliphatic hydroxyl groups is 1. The molecule has 5 nitrogen and oxygen atoms in total. The first-order valence-corrected chi connectivity index (χ1v) is 8.98. The van der Waals surface area contributed by atoms with Crippen LogP contribution in [0.4, 0.5) is 0 Å². The molecule has 0 fully saturated rings. The predicted molar refractivity (Wildman–Crippen MR) is 107 cm³/mol. The molecule has 2 rings (SSSR count). The third-order valence-electron chi connectivity index (χ3n) is 4.18. The molecule has 26 heavy (non-hydrogen) atoms. The van der Waals surface area contributed by atoms with E-state index in [9.17, 15) is 5.11 Å². The molecule has 3 N–H and O–H groups in total. The first-order chi connectivity index (χ1) is 12.7. The molecule has 6 heteroatoms. The lowest BCUT2D eigenvalue weighted by Crippen LogP contribution is -2.40. The van der Waals surface area contributed by atoms with Gasteiger partial charge >= 0.3 is 0 Å². The van der Waals surface area contributed by atoms with Gasteiger partial charge in [-0.05, 0) is 29.7 Å². The summed E-state index contributed by atoms with van der Waals surface area (Å²) < 4.78 is 5.16. The zero-order valence-corrected chi connectivity index (χ0v) is 16.0. The molecule has 0 aliphatic carbocycles. The number of aliphatic hydroxyl groups excluding tert-OH is 1. The SMILES string of the molecule is CN=C(NCCc1ccc(OC)cc1Cl)NCC(CO)c1ccccc1. The Hall–Kier alpha value is -2.24. The van der Waals surface area contributed by atoms with Gasteiger partial charge in [0.25, 0.3) is 0 Å². The molecule has 0 bridgehead atoms. The van der Waals surface area contributed by atoms with Gasteiger partial charge in [-0.3, -0.25) is 4.99 Å². The lowest BCUT2D eigenvalue weighted by Gasteiger charge is -2.18. The summed E-state index contributed by atoms with van der Waals surface area (Å²) in [6.45, 7) is 1.37. The number of hydrogen-bond acceptors (Lipinski definition) is 3. The fourth-order valence-electron chi connectivity index (χ4n) is 2.63. The molecule has 0 radical (unpaired) electrons. The van der Waals surface area contributed by atoms with Gasteiger partial charge in [0.15, 0.2) is 5.96 Å². The van der Waals surface area contributed by atoms with Crippen molar-refractivity contribution >= 4 is 17.6 Å². The maximum Gasteiger partial charge on any atom is 0.191 e. The monoisotopic (exact) mass is 375 g/mol. The van der Waals surface area contributed by atoms with Crippen molar-refractivity contribution in [2.24, 2.45) is 4.99 Å². The Morgan fingerprint density at radius 3 is 2.58 bits per heavy atom. The molecule has 0 heterocycles. The standard InChI is InChI=1S/C20H26ClN3O2/c1-22-20(24-13-17(14-25)15-6-4-3-5-7-15)23-11-10-16-8-9-18(26-2)12-19(16)21/h3-9,12,17,25H,10-11,13-14H2,1-2H3,(H2,22,23,24). The fraction of sp³-hybridized carbons (Fsp3) is 0.350. The van der Waals surface area contributed by atoms with Crippen LogP contribution < -0.4 is 15.4 Å². The summed E-state index contributed by atoms with van der Waals surface area (Å²) in [4.78, 5) is 4.23. The maximum absolute atomic E-state index is 9.64. The van der Waals surface area contributed by atoms with E-state index in [0.29, 0.717) is 24.1 Å². The Morgan fingerprint density at radius 1 is 1.19 bits per heavy atom. The second-order valence-corrected chi connectivity index (χ2v) is 6.28. The van der Waals surface area contributed by atoms with Crippen molar-refractivity contribution in [1.29, 1.82) is 0 Å². The van der Waals surface area contributed by atoms with E-state index < -0.39 is 0 Å². The van der Waals surface area contributed by atoms with Crippen molar-refractivity contribution in [3.8, 4) is 5.75 Å². The summed E-state index contributed by atoms with van der Waals surface area (Å²) in [5.41, 5.74) is 2.15. The molecular weight excluding hydrogens is 350 g/mol. The molecular formula is C20H26ClN3O2. The van der Waals surface area contributed by atoms with Crippen LogP contribution in [0.15, 0.2) is 53.5 Å². The highest BCUT2D eigenvalue weighted by atomic mass is 35.5. The van der Waals surface area contributed by atoms with E-state index in [2.05, 4.69) is 15.6 Å². The van der Waals surface area contributed by atoms with Gasteiger partial charge in [-0.2, -0.15) is 0 Å². The Kier molecular flexibility index (Phi) is 8.25. The summed E-state index contributed by atoms with van der Waals surface area (Å²) in [5, 5.41) is 16.9. The average molecular weight is 376 g/mol. The van der Waals surface area contributed by atoms with Gasteiger partial charge in [-0.15, -0.1) is 0 Å². The number of nitrogens with one attached hydrogen (secondary N) is 2. The number of halogens is 1. The van der Waals surface area contributed by atoms with Crippen LogP contribution in [0.2, 0.25) is 5.02 Å². The number of guanidine groups is 1. The van der Waals surface area contributed by atoms with Crippen LogP contribution in [0.1, 0.15) is 17.0 Å². The second-order valence-electron chi connectivity index (χ2n) is 5.88. The van der Waals surface area contributed by atoms with Crippen LogP contribution >= 0.6 is 11.6 Å². The molecule has 140 valence electrons. The molecule has 0 saturated carbocycles. The molecule has 2 aromatic rings. The molecule has 1 unspecified atom stereocenters. The first-order valence-electron chi connectivity index (χ1n) is 8.60. The minimum absolute atomic E-state index is 0.0192. The summed E-state index contributed by atoms with van der Waals surface area (Å²) in [5.74, 6) is 1.47. The summed E-state index contributed by atoms with van der Waals surface area (Å²) in [6, 6.07) is 15.6. The number of nitrogens with zero attached hydrogens (tertiary/aromatic N) is 1.